The van der Waals surface area contributed by atoms with Crippen LogP contribution in [0.2, 0.25) is 0 Å². The molecule has 0 saturated heterocycles. The first kappa shape index (κ1) is 26.5. The van der Waals surface area contributed by atoms with Crippen LogP contribution in [0.3, 0.4) is 0 Å². The molecule has 40 heavy (non-hydrogen) atoms. The number of imidazole rings is 1. The van der Waals surface area contributed by atoms with Gasteiger partial charge in [-0.25, -0.2) is 18.2 Å². The van der Waals surface area contributed by atoms with E-state index >= 15 is 0 Å². The van der Waals surface area contributed by atoms with Gasteiger partial charge in [0.05, 0.1) is 43.5 Å². The lowest BCUT2D eigenvalue weighted by molar-refractivity contribution is -0.671. The molecule has 210 valence electrons. The van der Waals surface area contributed by atoms with Crippen LogP contribution in [-0.4, -0.2) is 54.6 Å². The van der Waals surface area contributed by atoms with E-state index in [4.69, 9.17) is 0 Å². The van der Waals surface area contributed by atoms with Crippen molar-refractivity contribution in [2.45, 2.75) is 32.9 Å². The Bertz CT molecular complexity index is 1710. The molecular formula is C29H33N4O6S+. The van der Waals surface area contributed by atoms with Crippen molar-refractivity contribution in [1.82, 2.24) is 4.57 Å². The van der Waals surface area contributed by atoms with Crippen LogP contribution >= 0.6 is 0 Å². The van der Waals surface area contributed by atoms with E-state index in [0.29, 0.717) is 16.9 Å². The van der Waals surface area contributed by atoms with Gasteiger partial charge in [0.25, 0.3) is 0 Å². The number of nitrogens with zero attached hydrogens (tertiary/aromatic N) is 4. The summed E-state index contributed by atoms with van der Waals surface area (Å²) in [6.45, 7) is 3.95. The lowest BCUT2D eigenvalue weighted by Crippen LogP contribution is -2.53. The van der Waals surface area contributed by atoms with Crippen LogP contribution in [0.25, 0.3) is 10.8 Å². The number of Topliss-reactive ketones (excluding diaryl/α,β-unsaturated/α-hetero) is 1. The van der Waals surface area contributed by atoms with Crippen LogP contribution < -0.4 is 13.2 Å². The van der Waals surface area contributed by atoms with Crippen LogP contribution in [0, 0.1) is 23.7 Å². The average Bonchev–Trinajstić information content (AvgIpc) is 3.42. The van der Waals surface area contributed by atoms with Crippen LogP contribution in [0.15, 0.2) is 60.2 Å². The maximum absolute atomic E-state index is 13.9. The molecule has 2 aromatic carbocycles. The minimum absolute atomic E-state index is 0.0242. The predicted octanol–water partition coefficient (Wildman–Crippen LogP) is 2.05. The van der Waals surface area contributed by atoms with Gasteiger partial charge in [0.15, 0.2) is 0 Å². The number of hydrogen-bond donors (Lipinski definition) is 2. The minimum atomic E-state index is -4.05. The zero-order valence-electron chi connectivity index (χ0n) is 22.9. The molecule has 3 aromatic rings. The molecular weight excluding hydrogens is 532 g/mol. The minimum Gasteiger partial charge on any atom is -0.478 e. The maximum atomic E-state index is 13.9. The first-order valence-corrected chi connectivity index (χ1v) is 14.8. The Hall–Kier alpha value is -3.70. The molecule has 11 heteroatoms. The van der Waals surface area contributed by atoms with Crippen LogP contribution in [0.4, 0.5) is 11.4 Å². The van der Waals surface area contributed by atoms with Crippen molar-refractivity contribution < 1.29 is 32.8 Å². The number of anilines is 2. The van der Waals surface area contributed by atoms with Gasteiger partial charge in [0.1, 0.15) is 18.2 Å². The molecule has 1 fully saturated rings. The van der Waals surface area contributed by atoms with E-state index in [-0.39, 0.29) is 29.7 Å². The number of ketones is 1. The van der Waals surface area contributed by atoms with E-state index in [1.54, 1.807) is 13.0 Å². The maximum Gasteiger partial charge on any atom is 0.332 e. The highest BCUT2D eigenvalue weighted by molar-refractivity contribution is 7.94. The van der Waals surface area contributed by atoms with Gasteiger partial charge in [-0.15, -0.1) is 0 Å². The Morgan fingerprint density at radius 3 is 2.58 bits per heavy atom. The fourth-order valence-corrected chi connectivity index (χ4v) is 8.46. The number of carbonyl (C=O) groups excluding carboxylic acids is 1. The van der Waals surface area contributed by atoms with E-state index in [1.807, 2.05) is 61.5 Å². The third kappa shape index (κ3) is 3.71. The number of carboxylic acid groups (broad SMARTS) is 1. The van der Waals surface area contributed by atoms with E-state index in [0.717, 1.165) is 29.3 Å². The molecule has 1 aromatic heterocycles. The SMILES string of the molecule is C[C@@H](O)[C@H]1C(=O)C2C(C(=O)O)=C(CN3c4cccc5c(CCn6cc[n+](C)c6)ccc(c45)N(C)S3(=O)=O)[C@H](C)[C@@H]21. The number of hydrogen-bond acceptors (Lipinski definition) is 5. The molecule has 2 N–H and O–H groups in total. The van der Waals surface area contributed by atoms with Crippen molar-refractivity contribution in [3.05, 3.63) is 65.8 Å². The number of fused-ring (bicyclic) bond motifs is 1. The van der Waals surface area contributed by atoms with Crippen molar-refractivity contribution in [3.8, 4) is 0 Å². The van der Waals surface area contributed by atoms with Crippen LogP contribution in [0.5, 0.6) is 0 Å². The fraction of sp³-hybridized carbons (Fsp3) is 0.414. The summed E-state index contributed by atoms with van der Waals surface area (Å²) < 4.78 is 34.3. The molecule has 1 saturated carbocycles. The normalized spacial score (nSPS) is 25.8. The number of aliphatic hydroxyl groups is 1. The van der Waals surface area contributed by atoms with Gasteiger partial charge in [-0.3, -0.25) is 9.10 Å². The smallest absolute Gasteiger partial charge is 0.332 e. The van der Waals surface area contributed by atoms with Gasteiger partial charge < -0.3 is 10.2 Å². The molecule has 0 bridgehead atoms. The van der Waals surface area contributed by atoms with Gasteiger partial charge >= 0.3 is 16.2 Å². The second-order valence-corrected chi connectivity index (χ2v) is 13.1. The molecule has 10 nitrogen and oxygen atoms in total. The second-order valence-electron chi connectivity index (χ2n) is 11.2. The predicted molar refractivity (Wildman–Crippen MR) is 149 cm³/mol. The number of aromatic nitrogens is 2. The lowest BCUT2D eigenvalue weighted by Gasteiger charge is -2.43. The fourth-order valence-electron chi connectivity index (χ4n) is 7.07. The Kier molecular flexibility index (Phi) is 6.08. The summed E-state index contributed by atoms with van der Waals surface area (Å²) in [6, 6.07) is 9.37. The van der Waals surface area contributed by atoms with Gasteiger partial charge in [-0.2, -0.15) is 8.42 Å². The van der Waals surface area contributed by atoms with Crippen LogP contribution in [0.1, 0.15) is 19.4 Å². The summed E-state index contributed by atoms with van der Waals surface area (Å²) >= 11 is 0. The molecule has 5 atom stereocenters. The topological polar surface area (TPSA) is 124 Å². The van der Waals surface area contributed by atoms with Gasteiger partial charge in [0, 0.05) is 30.3 Å². The van der Waals surface area contributed by atoms with Gasteiger partial charge in [-0.1, -0.05) is 25.1 Å². The summed E-state index contributed by atoms with van der Waals surface area (Å²) in [5, 5.41) is 22.1. The van der Waals surface area contributed by atoms with Crippen LogP contribution in [-0.2, 0) is 39.8 Å². The number of aryl methyl sites for hydroxylation is 3. The third-order valence-corrected chi connectivity index (χ3v) is 10.8. The summed E-state index contributed by atoms with van der Waals surface area (Å²) in [7, 11) is -0.575. The van der Waals surface area contributed by atoms with Crippen molar-refractivity contribution in [2.24, 2.45) is 30.7 Å². The molecule has 1 aliphatic heterocycles. The standard InChI is InChI=1S/C29H32N4O6S/c1-16-20(26(29(36)37)27-23(16)24(17(2)34)28(27)35)14-33-22-7-5-6-19-18(10-11-32-13-12-30(3)15-32)8-9-21(25(19)22)31(4)40(33,38)39/h5-9,12-13,15-17,23-24,27,34H,10-11,14H2,1-4H3/p+1/t16-,17+,23+,24+,27?/m0/s1. The highest BCUT2D eigenvalue weighted by Crippen LogP contribution is 2.56. The molecule has 2 heterocycles. The molecule has 6 rings (SSSR count). The summed E-state index contributed by atoms with van der Waals surface area (Å²) in [6.07, 6.45) is 5.82. The molecule has 1 unspecified atom stereocenters. The van der Waals surface area contributed by atoms with E-state index in [9.17, 15) is 28.2 Å². The first-order valence-electron chi connectivity index (χ1n) is 13.4. The van der Waals surface area contributed by atoms with Gasteiger partial charge in [-0.05, 0) is 47.4 Å². The monoisotopic (exact) mass is 565 g/mol. The Morgan fingerprint density at radius 1 is 1.18 bits per heavy atom. The van der Waals surface area contributed by atoms with E-state index in [2.05, 4.69) is 4.57 Å². The number of aliphatic hydroxyl groups excluding tert-OH is 1. The number of carboxylic acids is 1. The van der Waals surface area contributed by atoms with Crippen molar-refractivity contribution in [1.29, 1.82) is 0 Å². The summed E-state index contributed by atoms with van der Waals surface area (Å²) in [5.74, 6) is -3.70. The molecule has 0 spiro atoms. The second kappa shape index (κ2) is 9.17. The Morgan fingerprint density at radius 2 is 1.93 bits per heavy atom. The van der Waals surface area contributed by atoms with Gasteiger partial charge in [0.2, 0.25) is 6.33 Å². The Balaban J connectivity index is 1.43. The number of benzene rings is 2. The lowest BCUT2D eigenvalue weighted by atomic mass is 9.59. The van der Waals surface area contributed by atoms with E-state index < -0.39 is 34.1 Å². The number of carbonyl (C=O) groups is 2. The zero-order chi connectivity index (χ0) is 28.7. The molecule has 0 amide bonds. The highest BCUT2D eigenvalue weighted by atomic mass is 32.2. The zero-order valence-corrected chi connectivity index (χ0v) is 23.7. The van der Waals surface area contributed by atoms with Crippen molar-refractivity contribution >= 4 is 44.1 Å². The van der Waals surface area contributed by atoms with Crippen molar-refractivity contribution in [3.63, 3.8) is 0 Å². The number of aliphatic carboxylic acids is 1. The molecule has 2 aliphatic carbocycles. The summed E-state index contributed by atoms with van der Waals surface area (Å²) in [5.41, 5.74) is 2.53. The highest BCUT2D eigenvalue weighted by Gasteiger charge is 2.61. The first-order chi connectivity index (χ1) is 18.9. The summed E-state index contributed by atoms with van der Waals surface area (Å²) in [4.78, 5) is 25.3. The molecule has 3 aliphatic rings. The molecule has 0 radical (unpaired) electrons. The third-order valence-electron chi connectivity index (χ3n) is 9.07. The van der Waals surface area contributed by atoms with E-state index in [1.165, 1.54) is 15.7 Å². The quantitative estimate of drug-likeness (QED) is 0.423. The Labute approximate surface area is 232 Å². The average molecular weight is 566 g/mol. The largest absolute Gasteiger partial charge is 0.478 e. The number of rotatable bonds is 7. The van der Waals surface area contributed by atoms with Crippen molar-refractivity contribution in [2.75, 3.05) is 22.2 Å².